The third-order valence-corrected chi connectivity index (χ3v) is 3.86. The molecule has 0 saturated carbocycles. The Morgan fingerprint density at radius 3 is 2.65 bits per heavy atom. The minimum absolute atomic E-state index is 0.127. The van der Waals surface area contributed by atoms with Crippen molar-refractivity contribution in [3.8, 4) is 5.75 Å². The van der Waals surface area contributed by atoms with E-state index < -0.39 is 12.0 Å². The molecule has 0 unspecified atom stereocenters. The number of methoxy groups -OCH3 is 1. The van der Waals surface area contributed by atoms with Crippen molar-refractivity contribution in [2.45, 2.75) is 32.7 Å². The molecule has 0 radical (unpaired) electrons. The lowest BCUT2D eigenvalue weighted by atomic mass is 9.99. The minimum atomic E-state index is -1.02. The second kappa shape index (κ2) is 9.25. The highest BCUT2D eigenvalue weighted by atomic mass is 35.5. The first kappa shape index (κ1) is 19.1. The number of rotatable bonds is 9. The van der Waals surface area contributed by atoms with Crippen molar-refractivity contribution in [1.82, 2.24) is 5.32 Å². The zero-order valence-electron chi connectivity index (χ0n) is 13.6. The molecule has 7 heteroatoms. The predicted octanol–water partition coefficient (Wildman–Crippen LogP) is 2.77. The Morgan fingerprint density at radius 1 is 1.39 bits per heavy atom. The molecule has 3 N–H and O–H groups in total. The van der Waals surface area contributed by atoms with E-state index in [9.17, 15) is 9.59 Å². The zero-order valence-corrected chi connectivity index (χ0v) is 14.3. The molecule has 1 aromatic rings. The van der Waals surface area contributed by atoms with E-state index in [2.05, 4.69) is 10.6 Å². The Hall–Kier alpha value is -1.95. The SMILES string of the molecule is CC[C@H](C)[C@H](NC(=O)CCNc1cc(Cl)ccc1OC)C(=O)O. The fourth-order valence-corrected chi connectivity index (χ4v) is 2.23. The molecule has 0 heterocycles. The quantitative estimate of drug-likeness (QED) is 0.642. The molecule has 0 aliphatic heterocycles. The van der Waals surface area contributed by atoms with Crippen LogP contribution in [0.1, 0.15) is 26.7 Å². The lowest BCUT2D eigenvalue weighted by molar-refractivity contribution is -0.143. The average molecular weight is 343 g/mol. The number of benzene rings is 1. The molecule has 0 aromatic heterocycles. The predicted molar refractivity (Wildman–Crippen MR) is 90.1 cm³/mol. The number of halogens is 1. The largest absolute Gasteiger partial charge is 0.495 e. The van der Waals surface area contributed by atoms with Gasteiger partial charge in [0, 0.05) is 18.0 Å². The van der Waals surface area contributed by atoms with Crippen LogP contribution >= 0.6 is 11.6 Å². The molecule has 1 amide bonds. The van der Waals surface area contributed by atoms with Gasteiger partial charge in [0.1, 0.15) is 11.8 Å². The molecule has 0 bridgehead atoms. The maximum absolute atomic E-state index is 11.9. The van der Waals surface area contributed by atoms with Crippen LogP contribution in [-0.4, -0.2) is 36.7 Å². The summed E-state index contributed by atoms with van der Waals surface area (Å²) in [6.07, 6.45) is 0.824. The summed E-state index contributed by atoms with van der Waals surface area (Å²) in [5.74, 6) is -0.835. The van der Waals surface area contributed by atoms with Crippen LogP contribution in [0, 0.1) is 5.92 Å². The van der Waals surface area contributed by atoms with Gasteiger partial charge in [0.2, 0.25) is 5.91 Å². The van der Waals surface area contributed by atoms with Gasteiger partial charge in [-0.25, -0.2) is 4.79 Å². The van der Waals surface area contributed by atoms with Crippen molar-refractivity contribution in [3.05, 3.63) is 23.2 Å². The lowest BCUT2D eigenvalue weighted by Crippen LogP contribution is -2.45. The first-order chi connectivity index (χ1) is 10.9. The van der Waals surface area contributed by atoms with Crippen LogP contribution in [0.2, 0.25) is 5.02 Å². The van der Waals surface area contributed by atoms with Gasteiger partial charge in [0.15, 0.2) is 0 Å². The van der Waals surface area contributed by atoms with Crippen molar-refractivity contribution >= 4 is 29.2 Å². The first-order valence-electron chi connectivity index (χ1n) is 7.48. The minimum Gasteiger partial charge on any atom is -0.495 e. The van der Waals surface area contributed by atoms with Crippen LogP contribution in [0.3, 0.4) is 0 Å². The number of ether oxygens (including phenoxy) is 1. The average Bonchev–Trinajstić information content (AvgIpc) is 2.51. The second-order valence-electron chi connectivity index (χ2n) is 5.29. The monoisotopic (exact) mass is 342 g/mol. The van der Waals surface area contributed by atoms with Gasteiger partial charge in [0.05, 0.1) is 12.8 Å². The summed E-state index contributed by atoms with van der Waals surface area (Å²) >= 11 is 5.93. The summed E-state index contributed by atoms with van der Waals surface area (Å²) in [5.41, 5.74) is 0.685. The maximum Gasteiger partial charge on any atom is 0.326 e. The van der Waals surface area contributed by atoms with Crippen LogP contribution < -0.4 is 15.4 Å². The molecule has 0 aliphatic carbocycles. The highest BCUT2D eigenvalue weighted by Gasteiger charge is 2.24. The number of nitrogens with one attached hydrogen (secondary N) is 2. The Morgan fingerprint density at radius 2 is 2.09 bits per heavy atom. The fourth-order valence-electron chi connectivity index (χ4n) is 2.06. The van der Waals surface area contributed by atoms with Crippen molar-refractivity contribution in [2.24, 2.45) is 5.92 Å². The normalized spacial score (nSPS) is 13.0. The summed E-state index contributed by atoms with van der Waals surface area (Å²) in [7, 11) is 1.55. The van der Waals surface area contributed by atoms with E-state index in [4.69, 9.17) is 21.4 Å². The number of amides is 1. The van der Waals surface area contributed by atoms with Crippen LogP contribution in [0.15, 0.2) is 18.2 Å². The number of hydrogen-bond acceptors (Lipinski definition) is 4. The topological polar surface area (TPSA) is 87.7 Å². The van der Waals surface area contributed by atoms with Crippen molar-refractivity contribution < 1.29 is 19.4 Å². The number of carboxylic acid groups (broad SMARTS) is 1. The number of carbonyl (C=O) groups excluding carboxylic acids is 1. The van der Waals surface area contributed by atoms with Crippen molar-refractivity contribution in [1.29, 1.82) is 0 Å². The Balaban J connectivity index is 2.53. The van der Waals surface area contributed by atoms with E-state index in [0.29, 0.717) is 29.4 Å². The van der Waals surface area contributed by atoms with Crippen LogP contribution in [-0.2, 0) is 9.59 Å². The highest BCUT2D eigenvalue weighted by Crippen LogP contribution is 2.27. The van der Waals surface area contributed by atoms with Crippen LogP contribution in [0.4, 0.5) is 5.69 Å². The standard InChI is InChI=1S/C16H23ClN2O4/c1-4-10(2)15(16(21)22)19-14(20)7-8-18-12-9-11(17)5-6-13(12)23-3/h5-6,9-10,15,18H,4,7-8H2,1-3H3,(H,19,20)(H,21,22)/t10-,15-/m0/s1. The first-order valence-corrected chi connectivity index (χ1v) is 7.86. The molecule has 0 fully saturated rings. The Labute approximate surface area is 141 Å². The summed E-state index contributed by atoms with van der Waals surface area (Å²) in [5, 5.41) is 15.3. The second-order valence-corrected chi connectivity index (χ2v) is 5.73. The summed E-state index contributed by atoms with van der Waals surface area (Å²) in [6, 6.07) is 4.28. The van der Waals surface area contributed by atoms with Gasteiger partial charge >= 0.3 is 5.97 Å². The molecule has 0 saturated heterocycles. The van der Waals surface area contributed by atoms with Crippen molar-refractivity contribution in [2.75, 3.05) is 19.0 Å². The van der Waals surface area contributed by atoms with Gasteiger partial charge in [0.25, 0.3) is 0 Å². The maximum atomic E-state index is 11.9. The van der Waals surface area contributed by atoms with Crippen LogP contribution in [0.5, 0.6) is 5.75 Å². The number of carboxylic acids is 1. The lowest BCUT2D eigenvalue weighted by Gasteiger charge is -2.20. The van der Waals surface area contributed by atoms with Gasteiger partial charge in [-0.3, -0.25) is 4.79 Å². The van der Waals surface area contributed by atoms with E-state index in [-0.39, 0.29) is 18.2 Å². The van der Waals surface area contributed by atoms with E-state index in [1.54, 1.807) is 32.2 Å². The van der Waals surface area contributed by atoms with E-state index in [1.807, 2.05) is 6.92 Å². The van der Waals surface area contributed by atoms with E-state index in [0.717, 1.165) is 0 Å². The molecule has 2 atom stereocenters. The number of hydrogen-bond donors (Lipinski definition) is 3. The summed E-state index contributed by atoms with van der Waals surface area (Å²) in [4.78, 5) is 23.1. The third-order valence-electron chi connectivity index (χ3n) is 3.62. The van der Waals surface area contributed by atoms with E-state index in [1.165, 1.54) is 0 Å². The molecule has 1 rings (SSSR count). The zero-order chi connectivity index (χ0) is 17.4. The van der Waals surface area contributed by atoms with Gasteiger partial charge < -0.3 is 20.5 Å². The number of anilines is 1. The Bertz CT molecular complexity index is 551. The van der Waals surface area contributed by atoms with E-state index >= 15 is 0 Å². The highest BCUT2D eigenvalue weighted by molar-refractivity contribution is 6.30. The van der Waals surface area contributed by atoms with Gasteiger partial charge in [-0.1, -0.05) is 31.9 Å². The molecule has 6 nitrogen and oxygen atoms in total. The fraction of sp³-hybridized carbons (Fsp3) is 0.500. The molecule has 0 spiro atoms. The van der Waals surface area contributed by atoms with Crippen LogP contribution in [0.25, 0.3) is 0 Å². The molecule has 0 aliphatic rings. The third kappa shape index (κ3) is 5.98. The Kier molecular flexibility index (Phi) is 7.68. The van der Waals surface area contributed by atoms with Gasteiger partial charge in [-0.15, -0.1) is 0 Å². The summed E-state index contributed by atoms with van der Waals surface area (Å²) in [6.45, 7) is 4.03. The summed E-state index contributed by atoms with van der Waals surface area (Å²) < 4.78 is 5.20. The van der Waals surface area contributed by atoms with Gasteiger partial charge in [-0.2, -0.15) is 0 Å². The molecular formula is C16H23ClN2O4. The van der Waals surface area contributed by atoms with Gasteiger partial charge in [-0.05, 0) is 24.1 Å². The molecule has 1 aromatic carbocycles. The smallest absolute Gasteiger partial charge is 0.326 e. The molecular weight excluding hydrogens is 320 g/mol. The molecule has 23 heavy (non-hydrogen) atoms. The number of aliphatic carboxylic acids is 1. The van der Waals surface area contributed by atoms with Crippen molar-refractivity contribution in [3.63, 3.8) is 0 Å². The molecule has 128 valence electrons. The number of carbonyl (C=O) groups is 2.